The number of amides is 2. The van der Waals surface area contributed by atoms with Gasteiger partial charge < -0.3 is 15.5 Å². The largest absolute Gasteiger partial charge is 0.355 e. The maximum Gasteiger partial charge on any atom is 0.238 e. The van der Waals surface area contributed by atoms with Gasteiger partial charge >= 0.3 is 0 Å². The fraction of sp³-hybridized carbons (Fsp3) is 0.846. The molecule has 1 saturated heterocycles. The summed E-state index contributed by atoms with van der Waals surface area (Å²) in [6.45, 7) is 5.82. The maximum atomic E-state index is 11.9. The molecular weight excluding hydrogens is 244 g/mol. The lowest BCUT2D eigenvalue weighted by Crippen LogP contribution is -2.58. The molecule has 0 spiro atoms. The third-order valence-corrected chi connectivity index (χ3v) is 3.34. The first-order chi connectivity index (χ1) is 9.06. The molecule has 0 bridgehead atoms. The van der Waals surface area contributed by atoms with Gasteiger partial charge in [-0.05, 0) is 19.9 Å². The van der Waals surface area contributed by atoms with Gasteiger partial charge in [-0.25, -0.2) is 0 Å². The van der Waals surface area contributed by atoms with E-state index in [-0.39, 0.29) is 17.9 Å². The number of carbonyl (C=O) groups is 2. The summed E-state index contributed by atoms with van der Waals surface area (Å²) >= 11 is 0. The minimum Gasteiger partial charge on any atom is -0.355 e. The van der Waals surface area contributed by atoms with E-state index in [2.05, 4.69) is 15.5 Å². The first-order valence-corrected chi connectivity index (χ1v) is 6.99. The number of hydrogen-bond donors (Lipinski definition) is 2. The van der Waals surface area contributed by atoms with E-state index in [0.717, 1.165) is 26.1 Å². The van der Waals surface area contributed by atoms with Gasteiger partial charge in [0.1, 0.15) is 6.04 Å². The Kier molecular flexibility index (Phi) is 6.80. The van der Waals surface area contributed by atoms with Gasteiger partial charge in [0.05, 0.1) is 0 Å². The van der Waals surface area contributed by atoms with Crippen molar-refractivity contribution in [2.75, 3.05) is 46.8 Å². The van der Waals surface area contributed by atoms with E-state index in [0.29, 0.717) is 19.5 Å². The van der Waals surface area contributed by atoms with Gasteiger partial charge in [-0.3, -0.25) is 14.5 Å². The monoisotopic (exact) mass is 270 g/mol. The lowest BCUT2D eigenvalue weighted by Gasteiger charge is -2.35. The van der Waals surface area contributed by atoms with Crippen molar-refractivity contribution in [1.29, 1.82) is 0 Å². The van der Waals surface area contributed by atoms with Crippen molar-refractivity contribution in [3.8, 4) is 0 Å². The van der Waals surface area contributed by atoms with Crippen LogP contribution in [0, 0.1) is 0 Å². The summed E-state index contributed by atoms with van der Waals surface area (Å²) in [5.74, 6) is 0.221. The van der Waals surface area contributed by atoms with Crippen LogP contribution in [0.25, 0.3) is 0 Å². The molecular formula is C13H26N4O2. The van der Waals surface area contributed by atoms with Crippen LogP contribution in [-0.2, 0) is 9.59 Å². The lowest BCUT2D eigenvalue weighted by molar-refractivity contribution is -0.128. The van der Waals surface area contributed by atoms with Gasteiger partial charge in [-0.1, -0.05) is 0 Å². The Balaban J connectivity index is 2.40. The minimum absolute atomic E-state index is 0.0774. The number of piperazine rings is 1. The van der Waals surface area contributed by atoms with Crippen LogP contribution in [0.1, 0.15) is 19.8 Å². The fourth-order valence-corrected chi connectivity index (χ4v) is 2.22. The number of rotatable bonds is 6. The van der Waals surface area contributed by atoms with E-state index < -0.39 is 0 Å². The first kappa shape index (κ1) is 15.9. The van der Waals surface area contributed by atoms with Crippen molar-refractivity contribution in [3.05, 3.63) is 0 Å². The smallest absolute Gasteiger partial charge is 0.238 e. The molecule has 19 heavy (non-hydrogen) atoms. The first-order valence-electron chi connectivity index (χ1n) is 6.99. The van der Waals surface area contributed by atoms with E-state index in [4.69, 9.17) is 0 Å². The van der Waals surface area contributed by atoms with E-state index in [1.807, 2.05) is 6.92 Å². The molecule has 1 fully saturated rings. The molecule has 0 aromatic heterocycles. The Bertz CT molecular complexity index is 307. The topological polar surface area (TPSA) is 64.7 Å². The van der Waals surface area contributed by atoms with Crippen LogP contribution in [0.2, 0.25) is 0 Å². The van der Waals surface area contributed by atoms with Gasteiger partial charge in [0.2, 0.25) is 11.8 Å². The molecule has 0 radical (unpaired) electrons. The molecule has 1 unspecified atom stereocenters. The van der Waals surface area contributed by atoms with Crippen LogP contribution in [-0.4, -0.2) is 74.5 Å². The van der Waals surface area contributed by atoms with Crippen LogP contribution in [0.15, 0.2) is 0 Å². The zero-order chi connectivity index (χ0) is 14.3. The van der Waals surface area contributed by atoms with E-state index >= 15 is 0 Å². The van der Waals surface area contributed by atoms with Gasteiger partial charge in [-0.15, -0.1) is 0 Å². The van der Waals surface area contributed by atoms with Gasteiger partial charge in [0.25, 0.3) is 0 Å². The SMILES string of the molecule is CCNC(=O)C1CNCCN1CCCC(=O)N(C)C. The number of carbonyl (C=O) groups excluding carboxylic acids is 2. The molecule has 0 aliphatic carbocycles. The second kappa shape index (κ2) is 8.12. The maximum absolute atomic E-state index is 11.9. The fourth-order valence-electron chi connectivity index (χ4n) is 2.22. The summed E-state index contributed by atoms with van der Waals surface area (Å²) in [6, 6.07) is -0.108. The summed E-state index contributed by atoms with van der Waals surface area (Å²) in [5.41, 5.74) is 0. The van der Waals surface area contributed by atoms with Crippen molar-refractivity contribution < 1.29 is 9.59 Å². The lowest BCUT2D eigenvalue weighted by atomic mass is 10.1. The van der Waals surface area contributed by atoms with Gasteiger partial charge in [0.15, 0.2) is 0 Å². The van der Waals surface area contributed by atoms with E-state index in [1.165, 1.54) is 0 Å². The summed E-state index contributed by atoms with van der Waals surface area (Å²) in [6.07, 6.45) is 1.34. The van der Waals surface area contributed by atoms with Crippen molar-refractivity contribution in [3.63, 3.8) is 0 Å². The quantitative estimate of drug-likeness (QED) is 0.667. The Morgan fingerprint density at radius 2 is 2.16 bits per heavy atom. The molecule has 6 heteroatoms. The highest BCUT2D eigenvalue weighted by atomic mass is 16.2. The highest BCUT2D eigenvalue weighted by Crippen LogP contribution is 2.06. The Morgan fingerprint density at radius 3 is 2.79 bits per heavy atom. The van der Waals surface area contributed by atoms with Crippen molar-refractivity contribution in [1.82, 2.24) is 20.4 Å². The van der Waals surface area contributed by atoms with Crippen molar-refractivity contribution >= 4 is 11.8 Å². The molecule has 1 atom stereocenters. The number of nitrogens with zero attached hydrogens (tertiary/aromatic N) is 2. The molecule has 0 saturated carbocycles. The summed E-state index contributed by atoms with van der Waals surface area (Å²) in [7, 11) is 3.54. The highest BCUT2D eigenvalue weighted by molar-refractivity contribution is 5.82. The number of likely N-dealkylation sites (N-methyl/N-ethyl adjacent to an activating group) is 1. The Hall–Kier alpha value is -1.14. The second-order valence-corrected chi connectivity index (χ2v) is 5.04. The summed E-state index contributed by atoms with van der Waals surface area (Å²) < 4.78 is 0. The third-order valence-electron chi connectivity index (χ3n) is 3.34. The molecule has 1 rings (SSSR count). The Morgan fingerprint density at radius 1 is 1.42 bits per heavy atom. The molecule has 0 aromatic carbocycles. The average molecular weight is 270 g/mol. The Labute approximate surface area is 115 Å². The molecule has 1 heterocycles. The van der Waals surface area contributed by atoms with E-state index in [9.17, 15) is 9.59 Å². The van der Waals surface area contributed by atoms with Crippen LogP contribution in [0.4, 0.5) is 0 Å². The second-order valence-electron chi connectivity index (χ2n) is 5.04. The standard InChI is InChI=1S/C13H26N4O2/c1-4-15-13(19)11-10-14-7-9-17(11)8-5-6-12(18)16(2)3/h11,14H,4-10H2,1-3H3,(H,15,19). The molecule has 0 aromatic rings. The zero-order valence-corrected chi connectivity index (χ0v) is 12.2. The van der Waals surface area contributed by atoms with Crippen molar-refractivity contribution in [2.45, 2.75) is 25.8 Å². The molecule has 1 aliphatic rings. The van der Waals surface area contributed by atoms with Crippen LogP contribution < -0.4 is 10.6 Å². The molecule has 110 valence electrons. The summed E-state index contributed by atoms with van der Waals surface area (Å²) in [4.78, 5) is 27.2. The van der Waals surface area contributed by atoms with Crippen molar-refractivity contribution in [2.24, 2.45) is 0 Å². The molecule has 2 N–H and O–H groups in total. The molecule has 6 nitrogen and oxygen atoms in total. The number of hydrogen-bond acceptors (Lipinski definition) is 4. The zero-order valence-electron chi connectivity index (χ0n) is 12.2. The normalized spacial score (nSPS) is 20.1. The predicted octanol–water partition coefficient (Wildman–Crippen LogP) is -0.735. The number of nitrogens with one attached hydrogen (secondary N) is 2. The predicted molar refractivity (Wildman–Crippen MR) is 74.8 cm³/mol. The van der Waals surface area contributed by atoms with Crippen LogP contribution in [0.5, 0.6) is 0 Å². The van der Waals surface area contributed by atoms with Crippen LogP contribution >= 0.6 is 0 Å². The molecule has 2 amide bonds. The minimum atomic E-state index is -0.108. The van der Waals surface area contributed by atoms with E-state index in [1.54, 1.807) is 19.0 Å². The highest BCUT2D eigenvalue weighted by Gasteiger charge is 2.27. The summed E-state index contributed by atoms with van der Waals surface area (Å²) in [5, 5.41) is 6.11. The van der Waals surface area contributed by atoms with Crippen LogP contribution in [0.3, 0.4) is 0 Å². The third kappa shape index (κ3) is 5.16. The van der Waals surface area contributed by atoms with Gasteiger partial charge in [-0.2, -0.15) is 0 Å². The molecule has 1 aliphatic heterocycles. The average Bonchev–Trinajstić information content (AvgIpc) is 2.39. The van der Waals surface area contributed by atoms with Gasteiger partial charge in [0, 0.05) is 46.7 Å².